The second-order valence-corrected chi connectivity index (χ2v) is 5.23. The van der Waals surface area contributed by atoms with Crippen molar-refractivity contribution in [2.75, 3.05) is 6.54 Å². The summed E-state index contributed by atoms with van der Waals surface area (Å²) in [7, 11) is 0. The van der Waals surface area contributed by atoms with Gasteiger partial charge in [0, 0.05) is 18.1 Å². The monoisotopic (exact) mass is 284 g/mol. The highest BCUT2D eigenvalue weighted by Crippen LogP contribution is 2.39. The lowest BCUT2D eigenvalue weighted by Gasteiger charge is -2.35. The first-order chi connectivity index (χ1) is 10.1. The normalized spacial score (nSPS) is 21.6. The third-order valence-corrected chi connectivity index (χ3v) is 4.14. The van der Waals surface area contributed by atoms with Crippen LogP contribution in [0, 0.1) is 0 Å². The van der Waals surface area contributed by atoms with Gasteiger partial charge in [0.25, 0.3) is 0 Å². The molecule has 6 heteroatoms. The number of nitrogens with two attached hydrogens (primary N) is 2. The van der Waals surface area contributed by atoms with Crippen molar-refractivity contribution in [1.82, 2.24) is 9.88 Å². The highest BCUT2D eigenvalue weighted by molar-refractivity contribution is 5.92. The topological polar surface area (TPSA) is 102 Å². The minimum atomic E-state index is -1.16. The van der Waals surface area contributed by atoms with Crippen molar-refractivity contribution in [3.05, 3.63) is 42.1 Å². The lowest BCUT2D eigenvalue weighted by Crippen LogP contribution is -2.55. The van der Waals surface area contributed by atoms with Crippen molar-refractivity contribution in [1.29, 1.82) is 0 Å². The Labute approximate surface area is 121 Å². The van der Waals surface area contributed by atoms with Gasteiger partial charge < -0.3 is 16.4 Å². The molecule has 108 valence electrons. The largest absolute Gasteiger partial charge is 0.367 e. The summed E-state index contributed by atoms with van der Waals surface area (Å²) in [6.07, 6.45) is 2.88. The summed E-state index contributed by atoms with van der Waals surface area (Å²) in [5.74, 6) is -0.554. The summed E-state index contributed by atoms with van der Waals surface area (Å²) in [6, 6.07) is 8.58. The van der Waals surface area contributed by atoms with Crippen molar-refractivity contribution >= 4 is 22.8 Å². The summed E-state index contributed by atoms with van der Waals surface area (Å²) >= 11 is 0. The van der Waals surface area contributed by atoms with E-state index < -0.39 is 17.5 Å². The number of amides is 3. The number of benzene rings is 1. The molecule has 1 aliphatic heterocycles. The van der Waals surface area contributed by atoms with E-state index in [4.69, 9.17) is 11.5 Å². The van der Waals surface area contributed by atoms with Crippen molar-refractivity contribution < 1.29 is 9.59 Å². The number of urea groups is 1. The van der Waals surface area contributed by atoms with Gasteiger partial charge >= 0.3 is 6.03 Å². The Bertz CT molecular complexity index is 730. The van der Waals surface area contributed by atoms with Gasteiger partial charge in [-0.15, -0.1) is 0 Å². The van der Waals surface area contributed by atoms with E-state index in [1.807, 2.05) is 24.3 Å². The Morgan fingerprint density at radius 1 is 1.24 bits per heavy atom. The van der Waals surface area contributed by atoms with Crippen LogP contribution in [0.2, 0.25) is 0 Å². The fourth-order valence-corrected chi connectivity index (χ4v) is 3.15. The maximum absolute atomic E-state index is 12.1. The van der Waals surface area contributed by atoms with Crippen LogP contribution in [0.4, 0.5) is 4.79 Å². The second-order valence-electron chi connectivity index (χ2n) is 5.23. The number of carbonyl (C=O) groups is 2. The number of aromatic nitrogens is 1. The van der Waals surface area contributed by atoms with Gasteiger partial charge in [-0.1, -0.05) is 12.1 Å². The van der Waals surface area contributed by atoms with E-state index in [0.717, 1.165) is 10.9 Å². The molecule has 4 N–H and O–H groups in total. The molecule has 1 fully saturated rings. The third kappa shape index (κ3) is 1.91. The van der Waals surface area contributed by atoms with E-state index in [-0.39, 0.29) is 0 Å². The van der Waals surface area contributed by atoms with E-state index in [9.17, 15) is 9.59 Å². The molecule has 2 heterocycles. The summed E-state index contributed by atoms with van der Waals surface area (Å²) in [5, 5.41) is 0.895. The molecular weight excluding hydrogens is 268 g/mol. The van der Waals surface area contributed by atoms with Crippen molar-refractivity contribution in [3.8, 4) is 0 Å². The molecule has 0 aliphatic carbocycles. The van der Waals surface area contributed by atoms with Crippen LogP contribution < -0.4 is 11.5 Å². The quantitative estimate of drug-likeness (QED) is 0.862. The van der Waals surface area contributed by atoms with E-state index in [0.29, 0.717) is 24.9 Å². The van der Waals surface area contributed by atoms with E-state index in [1.165, 1.54) is 4.90 Å². The molecule has 0 radical (unpaired) electrons. The zero-order chi connectivity index (χ0) is 15.0. The highest BCUT2D eigenvalue weighted by Gasteiger charge is 2.49. The zero-order valence-corrected chi connectivity index (χ0v) is 11.5. The van der Waals surface area contributed by atoms with Crippen LogP contribution in [0.1, 0.15) is 18.4 Å². The molecule has 1 aromatic carbocycles. The molecule has 2 aromatic rings. The van der Waals surface area contributed by atoms with Crippen molar-refractivity contribution in [3.63, 3.8) is 0 Å². The molecule has 0 bridgehead atoms. The van der Waals surface area contributed by atoms with Crippen LogP contribution in [-0.2, 0) is 10.3 Å². The molecule has 21 heavy (non-hydrogen) atoms. The first kappa shape index (κ1) is 13.4. The Hall–Kier alpha value is -2.63. The van der Waals surface area contributed by atoms with Crippen molar-refractivity contribution in [2.45, 2.75) is 18.4 Å². The minimum Gasteiger partial charge on any atom is -0.367 e. The number of hydrogen-bond acceptors (Lipinski definition) is 3. The average Bonchev–Trinajstić information content (AvgIpc) is 2.93. The van der Waals surface area contributed by atoms with Crippen molar-refractivity contribution in [2.24, 2.45) is 11.5 Å². The van der Waals surface area contributed by atoms with Gasteiger partial charge in [0.15, 0.2) is 0 Å². The van der Waals surface area contributed by atoms with Gasteiger partial charge in [0.1, 0.15) is 5.54 Å². The van der Waals surface area contributed by atoms with Crippen LogP contribution >= 0.6 is 0 Å². The maximum Gasteiger partial charge on any atom is 0.315 e. The van der Waals surface area contributed by atoms with Gasteiger partial charge in [0.05, 0.1) is 5.52 Å². The Morgan fingerprint density at radius 3 is 2.76 bits per heavy atom. The molecule has 0 saturated carbocycles. The average molecular weight is 284 g/mol. The number of pyridine rings is 1. The predicted molar refractivity (Wildman–Crippen MR) is 78.1 cm³/mol. The van der Waals surface area contributed by atoms with Gasteiger partial charge in [0.2, 0.25) is 5.91 Å². The fourth-order valence-electron chi connectivity index (χ4n) is 3.15. The van der Waals surface area contributed by atoms with Gasteiger partial charge in [-0.3, -0.25) is 9.78 Å². The predicted octanol–water partition coefficient (Wildman–Crippen LogP) is 1.09. The maximum atomic E-state index is 12.1. The summed E-state index contributed by atoms with van der Waals surface area (Å²) in [5.41, 5.74) is 11.4. The van der Waals surface area contributed by atoms with E-state index in [2.05, 4.69) is 4.98 Å². The second kappa shape index (κ2) is 4.73. The van der Waals surface area contributed by atoms with Gasteiger partial charge in [-0.05, 0) is 36.6 Å². The Kier molecular flexibility index (Phi) is 3.01. The SMILES string of the molecule is NC(=O)N1CCCC1(C(N)=O)c1ccc2ncccc2c1. The smallest absolute Gasteiger partial charge is 0.315 e. The lowest BCUT2D eigenvalue weighted by atomic mass is 9.85. The van der Waals surface area contributed by atoms with Crippen LogP contribution in [0.25, 0.3) is 10.9 Å². The molecular formula is C15H16N4O2. The number of fused-ring (bicyclic) bond motifs is 1. The van der Waals surface area contributed by atoms with E-state index >= 15 is 0 Å². The van der Waals surface area contributed by atoms with Crippen LogP contribution in [0.5, 0.6) is 0 Å². The molecule has 3 rings (SSSR count). The van der Waals surface area contributed by atoms with Gasteiger partial charge in [-0.25, -0.2) is 4.79 Å². The molecule has 1 atom stereocenters. The summed E-state index contributed by atoms with van der Waals surface area (Å²) < 4.78 is 0. The highest BCUT2D eigenvalue weighted by atomic mass is 16.2. The molecule has 6 nitrogen and oxygen atoms in total. The number of primary amides is 2. The van der Waals surface area contributed by atoms with Crippen LogP contribution in [-0.4, -0.2) is 28.4 Å². The molecule has 0 spiro atoms. The summed E-state index contributed by atoms with van der Waals surface area (Å²) in [6.45, 7) is 0.434. The van der Waals surface area contributed by atoms with E-state index in [1.54, 1.807) is 12.3 Å². The number of likely N-dealkylation sites (tertiary alicyclic amines) is 1. The molecule has 1 unspecified atom stereocenters. The van der Waals surface area contributed by atoms with Gasteiger partial charge in [-0.2, -0.15) is 0 Å². The zero-order valence-electron chi connectivity index (χ0n) is 11.5. The molecule has 1 aromatic heterocycles. The van der Waals surface area contributed by atoms with Crippen LogP contribution in [0.15, 0.2) is 36.5 Å². The Morgan fingerprint density at radius 2 is 2.05 bits per heavy atom. The number of nitrogens with zero attached hydrogens (tertiary/aromatic N) is 2. The Balaban J connectivity index is 2.20. The number of carbonyl (C=O) groups excluding carboxylic acids is 2. The first-order valence-corrected chi connectivity index (χ1v) is 6.78. The lowest BCUT2D eigenvalue weighted by molar-refractivity contribution is -0.127. The molecule has 3 amide bonds. The molecule has 1 saturated heterocycles. The molecule has 1 aliphatic rings. The number of rotatable bonds is 2. The van der Waals surface area contributed by atoms with Crippen LogP contribution in [0.3, 0.4) is 0 Å². The fraction of sp³-hybridized carbons (Fsp3) is 0.267. The summed E-state index contributed by atoms with van der Waals surface area (Å²) in [4.78, 5) is 29.4. The third-order valence-electron chi connectivity index (χ3n) is 4.14. The minimum absolute atomic E-state index is 0.434. The standard InChI is InChI=1S/C15H16N4O2/c16-13(20)15(6-2-8-19(15)14(17)21)11-4-5-12-10(9-11)3-1-7-18-12/h1,3-5,7,9H,2,6,8H2,(H2,16,20)(H2,17,21). The number of hydrogen-bond donors (Lipinski definition) is 2. The first-order valence-electron chi connectivity index (χ1n) is 6.78.